The molecule has 146 valence electrons. The lowest BCUT2D eigenvalue weighted by atomic mass is 10.1. The third kappa shape index (κ3) is 6.01. The lowest BCUT2D eigenvalue weighted by Crippen LogP contribution is -2.38. The van der Waals surface area contributed by atoms with Gasteiger partial charge < -0.3 is 15.4 Å². The first kappa shape index (κ1) is 19.3. The van der Waals surface area contributed by atoms with Gasteiger partial charge in [0.05, 0.1) is 18.3 Å². The van der Waals surface area contributed by atoms with Crippen molar-refractivity contribution in [2.45, 2.75) is 51.7 Å². The number of ether oxygens (including phenoxy) is 1. The SMILES string of the molecule is CCNC(=NCc1ccnn1C)NCCc1ccc(OC2CCCC2)cc1. The van der Waals surface area contributed by atoms with Gasteiger partial charge in [-0.3, -0.25) is 4.68 Å². The molecule has 6 heteroatoms. The highest BCUT2D eigenvalue weighted by Crippen LogP contribution is 2.24. The molecule has 0 unspecified atom stereocenters. The maximum absolute atomic E-state index is 6.03. The molecule has 2 N–H and O–H groups in total. The van der Waals surface area contributed by atoms with Gasteiger partial charge in [-0.2, -0.15) is 5.10 Å². The van der Waals surface area contributed by atoms with E-state index in [-0.39, 0.29) is 0 Å². The molecular formula is C21H31N5O. The van der Waals surface area contributed by atoms with Gasteiger partial charge in [-0.05, 0) is 62.8 Å². The number of aliphatic imine (C=N–C) groups is 1. The second-order valence-electron chi connectivity index (χ2n) is 6.99. The zero-order valence-electron chi connectivity index (χ0n) is 16.4. The predicted molar refractivity (Wildman–Crippen MR) is 109 cm³/mol. The van der Waals surface area contributed by atoms with Crippen LogP contribution in [0.3, 0.4) is 0 Å². The highest BCUT2D eigenvalue weighted by atomic mass is 16.5. The van der Waals surface area contributed by atoms with E-state index >= 15 is 0 Å². The van der Waals surface area contributed by atoms with Crippen LogP contribution >= 0.6 is 0 Å². The van der Waals surface area contributed by atoms with E-state index < -0.39 is 0 Å². The van der Waals surface area contributed by atoms with E-state index in [2.05, 4.69) is 51.9 Å². The average molecular weight is 370 g/mol. The maximum atomic E-state index is 6.03. The Morgan fingerprint density at radius 1 is 1.19 bits per heavy atom. The first-order valence-electron chi connectivity index (χ1n) is 9.99. The zero-order valence-corrected chi connectivity index (χ0v) is 16.4. The van der Waals surface area contributed by atoms with Crippen LogP contribution in [0.2, 0.25) is 0 Å². The van der Waals surface area contributed by atoms with Crippen molar-refractivity contribution < 1.29 is 4.74 Å². The number of hydrogen-bond donors (Lipinski definition) is 2. The van der Waals surface area contributed by atoms with Gasteiger partial charge in [0.2, 0.25) is 0 Å². The van der Waals surface area contributed by atoms with Crippen molar-refractivity contribution in [2.24, 2.45) is 12.0 Å². The number of aryl methyl sites for hydroxylation is 1. The Kier molecular flexibility index (Phi) is 7.13. The highest BCUT2D eigenvalue weighted by Gasteiger charge is 2.16. The fourth-order valence-electron chi connectivity index (χ4n) is 3.32. The second-order valence-corrected chi connectivity index (χ2v) is 6.99. The monoisotopic (exact) mass is 369 g/mol. The van der Waals surface area contributed by atoms with Gasteiger partial charge in [0, 0.05) is 26.3 Å². The Labute approximate surface area is 162 Å². The molecule has 2 aromatic rings. The molecule has 27 heavy (non-hydrogen) atoms. The molecule has 1 fully saturated rings. The van der Waals surface area contributed by atoms with Gasteiger partial charge in [0.15, 0.2) is 5.96 Å². The number of nitrogens with one attached hydrogen (secondary N) is 2. The lowest BCUT2D eigenvalue weighted by Gasteiger charge is -2.14. The number of hydrogen-bond acceptors (Lipinski definition) is 3. The van der Waals surface area contributed by atoms with E-state index in [9.17, 15) is 0 Å². The van der Waals surface area contributed by atoms with Crippen molar-refractivity contribution in [3.8, 4) is 5.75 Å². The first-order chi connectivity index (χ1) is 13.2. The topological polar surface area (TPSA) is 63.5 Å². The van der Waals surface area contributed by atoms with Crippen LogP contribution in [0.4, 0.5) is 0 Å². The molecule has 0 saturated heterocycles. The van der Waals surface area contributed by atoms with Gasteiger partial charge in [-0.25, -0.2) is 4.99 Å². The molecule has 0 aliphatic heterocycles. The van der Waals surface area contributed by atoms with Crippen molar-refractivity contribution >= 4 is 5.96 Å². The van der Waals surface area contributed by atoms with Gasteiger partial charge in [0.1, 0.15) is 5.75 Å². The summed E-state index contributed by atoms with van der Waals surface area (Å²) in [5, 5.41) is 10.9. The molecular weight excluding hydrogens is 338 g/mol. The Morgan fingerprint density at radius 2 is 1.96 bits per heavy atom. The summed E-state index contributed by atoms with van der Waals surface area (Å²) < 4.78 is 7.88. The van der Waals surface area contributed by atoms with Gasteiger partial charge >= 0.3 is 0 Å². The van der Waals surface area contributed by atoms with Crippen molar-refractivity contribution in [3.05, 3.63) is 47.8 Å². The van der Waals surface area contributed by atoms with Crippen LogP contribution in [0.1, 0.15) is 43.9 Å². The van der Waals surface area contributed by atoms with Crippen LogP contribution in [0.5, 0.6) is 5.75 Å². The average Bonchev–Trinajstić information content (AvgIpc) is 3.33. The molecule has 0 atom stereocenters. The molecule has 0 amide bonds. The van der Waals surface area contributed by atoms with Gasteiger partial charge in [0.25, 0.3) is 0 Å². The van der Waals surface area contributed by atoms with Crippen molar-refractivity contribution in [1.82, 2.24) is 20.4 Å². The third-order valence-corrected chi connectivity index (χ3v) is 4.90. The smallest absolute Gasteiger partial charge is 0.191 e. The summed E-state index contributed by atoms with van der Waals surface area (Å²) >= 11 is 0. The molecule has 6 nitrogen and oxygen atoms in total. The quantitative estimate of drug-likeness (QED) is 0.555. The Bertz CT molecular complexity index is 716. The minimum absolute atomic E-state index is 0.413. The van der Waals surface area contributed by atoms with E-state index in [1.165, 1.54) is 31.2 Å². The molecule has 0 bridgehead atoms. The number of aromatic nitrogens is 2. The molecule has 0 spiro atoms. The summed E-state index contributed by atoms with van der Waals surface area (Å²) in [6.45, 7) is 4.36. The minimum Gasteiger partial charge on any atom is -0.490 e. The molecule has 1 aliphatic carbocycles. The standard InChI is InChI=1S/C21H31N5O/c1-3-22-21(24-16-18-13-15-25-26(18)2)23-14-12-17-8-10-20(11-9-17)27-19-6-4-5-7-19/h8-11,13,15,19H,3-7,12,14,16H2,1-2H3,(H2,22,23,24). The molecule has 0 radical (unpaired) electrons. The largest absolute Gasteiger partial charge is 0.490 e. The lowest BCUT2D eigenvalue weighted by molar-refractivity contribution is 0.210. The van der Waals surface area contributed by atoms with E-state index in [0.29, 0.717) is 12.6 Å². The Hall–Kier alpha value is -2.50. The molecule has 1 aromatic carbocycles. The van der Waals surface area contributed by atoms with Gasteiger partial charge in [-0.1, -0.05) is 12.1 Å². The summed E-state index contributed by atoms with van der Waals surface area (Å²) in [5.74, 6) is 1.82. The Morgan fingerprint density at radius 3 is 2.63 bits per heavy atom. The second kappa shape index (κ2) is 10.00. The summed E-state index contributed by atoms with van der Waals surface area (Å²) in [5.41, 5.74) is 2.38. The van der Waals surface area contributed by atoms with Gasteiger partial charge in [-0.15, -0.1) is 0 Å². The van der Waals surface area contributed by atoms with Crippen molar-refractivity contribution in [1.29, 1.82) is 0 Å². The highest BCUT2D eigenvalue weighted by molar-refractivity contribution is 5.79. The molecule has 3 rings (SSSR count). The van der Waals surface area contributed by atoms with Crippen LogP contribution in [-0.2, 0) is 20.0 Å². The fourth-order valence-corrected chi connectivity index (χ4v) is 3.32. The van der Waals surface area contributed by atoms with Crippen LogP contribution in [0.25, 0.3) is 0 Å². The van der Waals surface area contributed by atoms with E-state index in [1.807, 2.05) is 17.8 Å². The van der Waals surface area contributed by atoms with Crippen molar-refractivity contribution in [3.63, 3.8) is 0 Å². The van der Waals surface area contributed by atoms with Crippen molar-refractivity contribution in [2.75, 3.05) is 13.1 Å². The van der Waals surface area contributed by atoms with Crippen LogP contribution < -0.4 is 15.4 Å². The van der Waals surface area contributed by atoms with Crippen LogP contribution in [-0.4, -0.2) is 34.9 Å². The zero-order chi connectivity index (χ0) is 18.9. The number of rotatable bonds is 8. The van der Waals surface area contributed by atoms with Crippen LogP contribution in [0, 0.1) is 0 Å². The Balaban J connectivity index is 1.45. The summed E-state index contributed by atoms with van der Waals surface area (Å²) in [7, 11) is 1.94. The molecule has 1 aliphatic rings. The number of benzene rings is 1. The predicted octanol–water partition coefficient (Wildman–Crippen LogP) is 3.04. The summed E-state index contributed by atoms with van der Waals surface area (Å²) in [6.07, 6.45) is 8.13. The van der Waals surface area contributed by atoms with Crippen LogP contribution in [0.15, 0.2) is 41.5 Å². The van der Waals surface area contributed by atoms with E-state index in [4.69, 9.17) is 4.74 Å². The van der Waals surface area contributed by atoms with E-state index in [1.54, 1.807) is 6.20 Å². The fraction of sp³-hybridized carbons (Fsp3) is 0.524. The normalized spacial score (nSPS) is 15.1. The molecule has 1 heterocycles. The number of nitrogens with zero attached hydrogens (tertiary/aromatic N) is 3. The number of guanidine groups is 1. The van der Waals surface area contributed by atoms with E-state index in [0.717, 1.165) is 36.9 Å². The summed E-state index contributed by atoms with van der Waals surface area (Å²) in [6, 6.07) is 10.5. The molecule has 1 aromatic heterocycles. The summed E-state index contributed by atoms with van der Waals surface area (Å²) in [4.78, 5) is 4.63. The molecule has 1 saturated carbocycles. The minimum atomic E-state index is 0.413. The third-order valence-electron chi connectivity index (χ3n) is 4.90. The first-order valence-corrected chi connectivity index (χ1v) is 9.99. The maximum Gasteiger partial charge on any atom is 0.191 e.